The third-order valence-electron chi connectivity index (χ3n) is 9.48. The molecule has 10 N–H and O–H groups in total. The van der Waals surface area contributed by atoms with Crippen LogP contribution in [-0.4, -0.2) is 149 Å². The van der Waals surface area contributed by atoms with Gasteiger partial charge in [-0.15, -0.1) is 0 Å². The molecule has 0 aromatic carbocycles. The number of ether oxygens (including phenoxy) is 1. The molecule has 0 radical (unpaired) electrons. The number of aliphatic hydroxyl groups is 10. The van der Waals surface area contributed by atoms with Gasteiger partial charge < -0.3 is 60.7 Å². The molecule has 12 atom stereocenters. The fraction of sp³-hybridized carbons (Fsp3) is 0.700. The van der Waals surface area contributed by atoms with Gasteiger partial charge in [-0.1, -0.05) is 80.9 Å². The van der Waals surface area contributed by atoms with Crippen LogP contribution in [0.2, 0.25) is 0 Å². The van der Waals surface area contributed by atoms with Gasteiger partial charge >= 0.3 is 5.97 Å². The number of rotatable bonds is 5. The number of unbranched alkanes of at least 4 members (excludes halogenated alkanes) is 2. The van der Waals surface area contributed by atoms with E-state index in [1.807, 2.05) is 14.0 Å². The molecule has 54 heavy (non-hydrogen) atoms. The Bertz CT molecular complexity index is 1220. The fourth-order valence-electron chi connectivity index (χ4n) is 6.08. The molecule has 2 heterocycles. The molecule has 2 aliphatic heterocycles. The van der Waals surface area contributed by atoms with Crippen LogP contribution in [0.5, 0.6) is 0 Å². The quantitative estimate of drug-likeness (QED) is 0.139. The van der Waals surface area contributed by atoms with Crippen molar-refractivity contribution in [2.45, 2.75) is 159 Å². The van der Waals surface area contributed by atoms with Gasteiger partial charge in [0.05, 0.1) is 42.7 Å². The van der Waals surface area contributed by atoms with Gasteiger partial charge in [0.2, 0.25) is 5.91 Å². The maximum absolute atomic E-state index is 13.1. The Morgan fingerprint density at radius 3 is 1.78 bits per heavy atom. The Morgan fingerprint density at radius 2 is 1.28 bits per heavy atom. The first-order valence-electron chi connectivity index (χ1n) is 19.1. The normalized spacial score (nSPS) is 37.3. The zero-order valence-electron chi connectivity index (χ0n) is 32.3. The number of hydrogen-bond acceptors (Lipinski definition) is 13. The van der Waals surface area contributed by atoms with Crippen LogP contribution in [-0.2, 0) is 14.3 Å². The fourth-order valence-corrected chi connectivity index (χ4v) is 6.08. The summed E-state index contributed by atoms with van der Waals surface area (Å²) in [7, 11) is 1.84. The number of amides is 1. The molecule has 0 aliphatic carbocycles. The molecule has 2 aliphatic rings. The lowest BCUT2D eigenvalue weighted by atomic mass is 9.87. The monoisotopic (exact) mass is 769 g/mol. The van der Waals surface area contributed by atoms with Crippen molar-refractivity contribution in [3.63, 3.8) is 0 Å². The Hall–Kier alpha value is -2.76. The molecule has 0 bridgehead atoms. The van der Waals surface area contributed by atoms with Crippen molar-refractivity contribution >= 4 is 11.9 Å². The maximum atomic E-state index is 13.1. The van der Waals surface area contributed by atoms with E-state index in [9.17, 15) is 60.7 Å². The van der Waals surface area contributed by atoms with E-state index in [-0.39, 0.29) is 32.1 Å². The first-order chi connectivity index (χ1) is 25.5. The summed E-state index contributed by atoms with van der Waals surface area (Å²) in [6.07, 6.45) is 2.37. The number of allylic oxidation sites excluding steroid dienone is 8. The number of carbonyl (C=O) groups is 2. The van der Waals surface area contributed by atoms with Gasteiger partial charge in [-0.3, -0.25) is 9.59 Å². The van der Waals surface area contributed by atoms with Gasteiger partial charge in [0.25, 0.3) is 0 Å². The highest BCUT2D eigenvalue weighted by atomic mass is 16.6. The summed E-state index contributed by atoms with van der Waals surface area (Å²) in [5.74, 6) is -2.08. The van der Waals surface area contributed by atoms with Crippen LogP contribution in [0.15, 0.2) is 60.3 Å². The molecule has 0 saturated carbocycles. The molecule has 14 heteroatoms. The minimum atomic E-state index is -1.61. The highest BCUT2D eigenvalue weighted by Crippen LogP contribution is 2.24. The van der Waals surface area contributed by atoms with E-state index in [2.05, 4.69) is 0 Å². The molecule has 1 fully saturated rings. The Morgan fingerprint density at radius 1 is 0.759 bits per heavy atom. The Balaban J connectivity index is 0.00000185. The number of cyclic esters (lactones) is 1. The van der Waals surface area contributed by atoms with Crippen LogP contribution < -0.4 is 0 Å². The van der Waals surface area contributed by atoms with Gasteiger partial charge in [-0.25, -0.2) is 0 Å². The van der Waals surface area contributed by atoms with Crippen LogP contribution in [0.25, 0.3) is 0 Å². The number of nitrogens with zero attached hydrogens (tertiary/aromatic N) is 1. The summed E-state index contributed by atoms with van der Waals surface area (Å²) in [5, 5.41) is 105. The zero-order valence-corrected chi connectivity index (χ0v) is 32.3. The molecule has 2 rings (SSSR count). The first kappa shape index (κ1) is 49.3. The standard InChI is InChI=1S/C35H58O12.C5H9NO/c1-4-5-11-16-29(41)32-30(42)20-26(38)18-24(36)17-25(37)19-27(39)21-31(43)34(45)33(44)22(2)14-12-9-7-6-8-10-13-15-28(40)23(3)47-35(32)46;1-6-4-2-3-5(6)7/h6-10,12-15,23-34,36-45H,4-5,11,16-21H2,1-3H3;2-4H2,1H3/b7-6+,10-8+,12-9+,15-13+,22-14+;/t23-,24+,25-,26+,27-,28+,29-,30+,31-,32-,33-,34-;/m1./s1. The van der Waals surface area contributed by atoms with Gasteiger partial charge in [0.1, 0.15) is 30.3 Å². The van der Waals surface area contributed by atoms with E-state index in [1.54, 1.807) is 60.4 Å². The van der Waals surface area contributed by atoms with Crippen molar-refractivity contribution in [3.8, 4) is 0 Å². The van der Waals surface area contributed by atoms with Crippen LogP contribution in [0.3, 0.4) is 0 Å². The summed E-state index contributed by atoms with van der Waals surface area (Å²) in [4.78, 5) is 25.4. The van der Waals surface area contributed by atoms with Crippen molar-refractivity contribution in [1.29, 1.82) is 0 Å². The zero-order chi connectivity index (χ0) is 40.8. The SMILES string of the molecule is CCCCC[C@@H](O)[C@H]1C(=O)O[C@H](C)[C@@H](O)/C=C/C=C/C=C/C=C/C=C(\C)[C@@H](O)[C@H](O)[C@H](O)C[C@H](O)C[C@H](O)C[C@H](O)C[C@H](O)C[C@@H]1O.CN1CCCC1=O. The largest absolute Gasteiger partial charge is 0.459 e. The molecule has 1 saturated heterocycles. The van der Waals surface area contributed by atoms with Crippen molar-refractivity contribution in [1.82, 2.24) is 4.90 Å². The molecule has 1 amide bonds. The minimum absolute atomic E-state index is 0.197. The van der Waals surface area contributed by atoms with Crippen LogP contribution >= 0.6 is 0 Å². The van der Waals surface area contributed by atoms with Crippen LogP contribution in [0, 0.1) is 5.92 Å². The summed E-state index contributed by atoms with van der Waals surface area (Å²) >= 11 is 0. The predicted molar refractivity (Wildman–Crippen MR) is 204 cm³/mol. The van der Waals surface area contributed by atoms with Gasteiger partial charge in [-0.2, -0.15) is 0 Å². The van der Waals surface area contributed by atoms with Gasteiger partial charge in [-0.05, 0) is 51.5 Å². The average molecular weight is 770 g/mol. The van der Waals surface area contributed by atoms with Crippen molar-refractivity contribution in [2.24, 2.45) is 5.92 Å². The van der Waals surface area contributed by atoms with E-state index in [1.165, 1.54) is 13.0 Å². The number of carbonyl (C=O) groups excluding carboxylic acids is 2. The average Bonchev–Trinajstić information content (AvgIpc) is 3.47. The molecule has 0 unspecified atom stereocenters. The van der Waals surface area contributed by atoms with Crippen LogP contribution in [0.1, 0.15) is 91.4 Å². The molecule has 14 nitrogen and oxygen atoms in total. The first-order valence-corrected chi connectivity index (χ1v) is 19.1. The lowest BCUT2D eigenvalue weighted by molar-refractivity contribution is -0.168. The number of hydrogen-bond donors (Lipinski definition) is 10. The van der Waals surface area contributed by atoms with Gasteiger partial charge in [0, 0.05) is 32.9 Å². The van der Waals surface area contributed by atoms with Crippen molar-refractivity contribution in [2.75, 3.05) is 13.6 Å². The highest BCUT2D eigenvalue weighted by Gasteiger charge is 2.37. The summed E-state index contributed by atoms with van der Waals surface area (Å²) < 4.78 is 5.41. The number of aliphatic hydroxyl groups excluding tert-OH is 10. The minimum Gasteiger partial charge on any atom is -0.459 e. The van der Waals surface area contributed by atoms with E-state index in [0.717, 1.165) is 32.2 Å². The molecule has 0 aromatic heterocycles. The Labute approximate surface area is 320 Å². The molecular weight excluding hydrogens is 702 g/mol. The third kappa shape index (κ3) is 19.7. The van der Waals surface area contributed by atoms with E-state index in [4.69, 9.17) is 4.74 Å². The second-order valence-corrected chi connectivity index (χ2v) is 14.5. The smallest absolute Gasteiger partial charge is 0.314 e. The summed E-state index contributed by atoms with van der Waals surface area (Å²) in [6.45, 7) is 5.96. The number of likely N-dealkylation sites (tertiary alicyclic amines) is 1. The van der Waals surface area contributed by atoms with E-state index < -0.39 is 85.5 Å². The lowest BCUT2D eigenvalue weighted by Gasteiger charge is -2.30. The van der Waals surface area contributed by atoms with Gasteiger partial charge in [0.15, 0.2) is 0 Å². The second-order valence-electron chi connectivity index (χ2n) is 14.5. The van der Waals surface area contributed by atoms with Crippen molar-refractivity contribution < 1.29 is 65.4 Å². The topological polar surface area (TPSA) is 249 Å². The second kappa shape index (κ2) is 26.9. The highest BCUT2D eigenvalue weighted by molar-refractivity contribution is 5.77. The molecule has 310 valence electrons. The predicted octanol–water partition coefficient (Wildman–Crippen LogP) is 1.10. The molecular formula is C40H67NO13. The molecule has 0 aromatic rings. The van der Waals surface area contributed by atoms with Crippen LogP contribution in [0.4, 0.5) is 0 Å². The maximum Gasteiger partial charge on any atom is 0.314 e. The summed E-state index contributed by atoms with van der Waals surface area (Å²) in [6, 6.07) is 0. The van der Waals surface area contributed by atoms with E-state index in [0.29, 0.717) is 17.9 Å². The summed E-state index contributed by atoms with van der Waals surface area (Å²) in [5.41, 5.74) is 0.357. The lowest BCUT2D eigenvalue weighted by Crippen LogP contribution is -2.43. The van der Waals surface area contributed by atoms with Crippen molar-refractivity contribution in [3.05, 3.63) is 60.3 Å². The Kier molecular flexibility index (Phi) is 24.6. The van der Waals surface area contributed by atoms with E-state index >= 15 is 0 Å². The number of esters is 1. The third-order valence-corrected chi connectivity index (χ3v) is 9.48. The molecule has 0 spiro atoms.